The molecule has 1 fully saturated rings. The van der Waals surface area contributed by atoms with Crippen molar-refractivity contribution >= 4 is 10.9 Å². The summed E-state index contributed by atoms with van der Waals surface area (Å²) < 4.78 is 7.57. The second kappa shape index (κ2) is 8.12. The SMILES string of the molecule is Cc1cc2nc(-c3cncn3C)cc(CCC3CCOC3)c2cc1CCC#N. The van der Waals surface area contributed by atoms with E-state index < -0.39 is 0 Å². The quantitative estimate of drug-likeness (QED) is 0.643. The van der Waals surface area contributed by atoms with Crippen LogP contribution in [0, 0.1) is 24.2 Å². The maximum absolute atomic E-state index is 8.98. The van der Waals surface area contributed by atoms with E-state index in [1.165, 1.54) is 22.1 Å². The number of hydrogen-bond acceptors (Lipinski definition) is 4. The molecule has 0 amide bonds. The lowest BCUT2D eigenvalue weighted by Gasteiger charge is -2.14. The van der Waals surface area contributed by atoms with Crippen LogP contribution in [0.1, 0.15) is 36.0 Å². The number of imidazole rings is 1. The zero-order chi connectivity index (χ0) is 19.5. The van der Waals surface area contributed by atoms with E-state index in [1.54, 1.807) is 0 Å². The average Bonchev–Trinajstić information content (AvgIpc) is 3.36. The van der Waals surface area contributed by atoms with Gasteiger partial charge in [0, 0.05) is 32.1 Å². The molecule has 0 bridgehead atoms. The molecule has 4 rings (SSSR count). The number of nitriles is 1. The molecule has 0 N–H and O–H groups in total. The van der Waals surface area contributed by atoms with E-state index in [0.29, 0.717) is 12.3 Å². The highest BCUT2D eigenvalue weighted by molar-refractivity contribution is 5.86. The first kappa shape index (κ1) is 18.6. The van der Waals surface area contributed by atoms with E-state index in [1.807, 2.05) is 24.1 Å². The Labute approximate surface area is 166 Å². The van der Waals surface area contributed by atoms with E-state index in [4.69, 9.17) is 15.0 Å². The number of pyridine rings is 1. The normalized spacial score (nSPS) is 16.5. The van der Waals surface area contributed by atoms with Gasteiger partial charge in [0.1, 0.15) is 0 Å². The van der Waals surface area contributed by atoms with E-state index in [0.717, 1.165) is 55.8 Å². The van der Waals surface area contributed by atoms with Crippen LogP contribution in [0.3, 0.4) is 0 Å². The van der Waals surface area contributed by atoms with E-state index >= 15 is 0 Å². The van der Waals surface area contributed by atoms with Gasteiger partial charge in [0.2, 0.25) is 0 Å². The summed E-state index contributed by atoms with van der Waals surface area (Å²) in [4.78, 5) is 9.21. The number of ether oxygens (including phenoxy) is 1. The fraction of sp³-hybridized carbons (Fsp3) is 0.435. The van der Waals surface area contributed by atoms with Crippen molar-refractivity contribution in [1.82, 2.24) is 14.5 Å². The number of hydrogen-bond donors (Lipinski definition) is 0. The predicted octanol–water partition coefficient (Wildman–Crippen LogP) is 4.37. The van der Waals surface area contributed by atoms with Crippen molar-refractivity contribution in [1.29, 1.82) is 5.26 Å². The van der Waals surface area contributed by atoms with Gasteiger partial charge < -0.3 is 9.30 Å². The van der Waals surface area contributed by atoms with Crippen molar-refractivity contribution in [2.24, 2.45) is 13.0 Å². The molecule has 1 saturated heterocycles. The van der Waals surface area contributed by atoms with Gasteiger partial charge in [0.05, 0.1) is 35.5 Å². The van der Waals surface area contributed by atoms with Crippen LogP contribution in [0.5, 0.6) is 0 Å². The molecule has 1 atom stereocenters. The highest BCUT2D eigenvalue weighted by Crippen LogP contribution is 2.30. The Morgan fingerprint density at radius 2 is 2.14 bits per heavy atom. The maximum atomic E-state index is 8.98. The molecule has 28 heavy (non-hydrogen) atoms. The second-order valence-corrected chi connectivity index (χ2v) is 7.78. The second-order valence-electron chi connectivity index (χ2n) is 7.78. The summed E-state index contributed by atoms with van der Waals surface area (Å²) in [5, 5.41) is 10.2. The van der Waals surface area contributed by atoms with Gasteiger partial charge >= 0.3 is 0 Å². The van der Waals surface area contributed by atoms with Crippen LogP contribution in [0.15, 0.2) is 30.7 Å². The van der Waals surface area contributed by atoms with Crippen molar-refractivity contribution in [3.63, 3.8) is 0 Å². The Morgan fingerprint density at radius 3 is 2.86 bits per heavy atom. The van der Waals surface area contributed by atoms with Crippen molar-refractivity contribution in [2.45, 2.75) is 39.0 Å². The molecule has 0 spiro atoms. The molecular formula is C23H26N4O. The highest BCUT2D eigenvalue weighted by atomic mass is 16.5. The Morgan fingerprint density at radius 1 is 1.25 bits per heavy atom. The topological polar surface area (TPSA) is 63.7 Å². The molecule has 1 unspecified atom stereocenters. The van der Waals surface area contributed by atoms with Gasteiger partial charge in [-0.3, -0.25) is 0 Å². The highest BCUT2D eigenvalue weighted by Gasteiger charge is 2.17. The summed E-state index contributed by atoms with van der Waals surface area (Å²) in [6, 6.07) is 8.91. The summed E-state index contributed by atoms with van der Waals surface area (Å²) in [7, 11) is 2.00. The summed E-state index contributed by atoms with van der Waals surface area (Å²) in [5.74, 6) is 0.645. The minimum Gasteiger partial charge on any atom is -0.381 e. The van der Waals surface area contributed by atoms with Crippen LogP contribution < -0.4 is 0 Å². The average molecular weight is 374 g/mol. The first-order chi connectivity index (χ1) is 13.7. The van der Waals surface area contributed by atoms with Gasteiger partial charge in [-0.1, -0.05) is 0 Å². The molecule has 5 heteroatoms. The van der Waals surface area contributed by atoms with Gasteiger partial charge in [0.25, 0.3) is 0 Å². The first-order valence-corrected chi connectivity index (χ1v) is 10.00. The number of rotatable bonds is 6. The predicted molar refractivity (Wildman–Crippen MR) is 110 cm³/mol. The molecule has 1 aliphatic heterocycles. The smallest absolute Gasteiger partial charge is 0.0948 e. The fourth-order valence-electron chi connectivity index (χ4n) is 4.06. The largest absolute Gasteiger partial charge is 0.381 e. The monoisotopic (exact) mass is 374 g/mol. The number of nitrogens with zero attached hydrogens (tertiary/aromatic N) is 4. The third kappa shape index (κ3) is 3.79. The molecule has 0 radical (unpaired) electrons. The summed E-state index contributed by atoms with van der Waals surface area (Å²) in [6.07, 6.45) is 8.32. The molecule has 144 valence electrons. The summed E-state index contributed by atoms with van der Waals surface area (Å²) >= 11 is 0. The Hall–Kier alpha value is -2.71. The van der Waals surface area contributed by atoms with Gasteiger partial charge in [-0.05, 0) is 73.4 Å². The minimum absolute atomic E-state index is 0.543. The van der Waals surface area contributed by atoms with Crippen molar-refractivity contribution in [2.75, 3.05) is 13.2 Å². The molecule has 1 aromatic carbocycles. The van der Waals surface area contributed by atoms with E-state index in [2.05, 4.69) is 36.2 Å². The molecular weight excluding hydrogens is 348 g/mol. The third-order valence-electron chi connectivity index (χ3n) is 5.78. The number of benzene rings is 1. The molecule has 2 aromatic heterocycles. The lowest BCUT2D eigenvalue weighted by Crippen LogP contribution is -2.03. The first-order valence-electron chi connectivity index (χ1n) is 10.00. The standard InChI is InChI=1S/C23H26N4O/c1-16-10-21-20(11-18(16)4-3-8-24)19(6-5-17-7-9-28-14-17)12-22(26-21)23-13-25-15-27(23)2/h10-13,15,17H,3-7,9,14H2,1-2H3. The van der Waals surface area contributed by atoms with Crippen molar-refractivity contribution in [3.05, 3.63) is 47.4 Å². The Bertz CT molecular complexity index is 1020. The lowest BCUT2D eigenvalue weighted by molar-refractivity contribution is 0.184. The molecule has 5 nitrogen and oxygen atoms in total. The van der Waals surface area contributed by atoms with Gasteiger partial charge in [0.15, 0.2) is 0 Å². The summed E-state index contributed by atoms with van der Waals surface area (Å²) in [5.41, 5.74) is 6.79. The van der Waals surface area contributed by atoms with Gasteiger partial charge in [-0.25, -0.2) is 9.97 Å². The minimum atomic E-state index is 0.543. The molecule has 3 aromatic rings. The molecule has 3 heterocycles. The van der Waals surface area contributed by atoms with Crippen LogP contribution in [0.25, 0.3) is 22.3 Å². The lowest BCUT2D eigenvalue weighted by atomic mass is 9.93. The van der Waals surface area contributed by atoms with Crippen LogP contribution in [-0.4, -0.2) is 27.7 Å². The zero-order valence-electron chi connectivity index (χ0n) is 16.6. The number of fused-ring (bicyclic) bond motifs is 1. The van der Waals surface area contributed by atoms with Crippen molar-refractivity contribution < 1.29 is 4.74 Å². The Kier molecular flexibility index (Phi) is 5.40. The van der Waals surface area contributed by atoms with Crippen molar-refractivity contribution in [3.8, 4) is 17.5 Å². The van der Waals surface area contributed by atoms with Crippen LogP contribution in [0.2, 0.25) is 0 Å². The van der Waals surface area contributed by atoms with Crippen LogP contribution in [0.4, 0.5) is 0 Å². The number of aromatic nitrogens is 3. The van der Waals surface area contributed by atoms with Gasteiger partial charge in [-0.2, -0.15) is 5.26 Å². The van der Waals surface area contributed by atoms with E-state index in [9.17, 15) is 0 Å². The molecule has 0 aliphatic carbocycles. The van der Waals surface area contributed by atoms with Crippen LogP contribution >= 0.6 is 0 Å². The number of aryl methyl sites for hydroxylation is 4. The maximum Gasteiger partial charge on any atom is 0.0948 e. The van der Waals surface area contributed by atoms with E-state index in [-0.39, 0.29) is 0 Å². The zero-order valence-corrected chi connectivity index (χ0v) is 16.6. The Balaban J connectivity index is 1.78. The van der Waals surface area contributed by atoms with Crippen LogP contribution in [-0.2, 0) is 24.6 Å². The fourth-order valence-corrected chi connectivity index (χ4v) is 4.06. The molecule has 0 saturated carbocycles. The molecule has 1 aliphatic rings. The third-order valence-corrected chi connectivity index (χ3v) is 5.78. The van der Waals surface area contributed by atoms with Gasteiger partial charge in [-0.15, -0.1) is 0 Å². The summed E-state index contributed by atoms with van der Waals surface area (Å²) in [6.45, 7) is 3.88.